The Bertz CT molecular complexity index is 654. The molecule has 0 N–H and O–H groups in total. The molecule has 0 saturated carbocycles. The standard InChI is InChI=1S/C18H16I2O4/c19-9-17(21)23-11-13-3-1-5-15(7-13)16-6-2-4-14(8-16)12-24-18(22)10-20/h1-8H,9-12H2. The Kier molecular flexibility index (Phi) is 7.97. The first kappa shape index (κ1) is 19.2. The van der Waals surface area contributed by atoms with Crippen LogP contribution >= 0.6 is 45.2 Å². The number of ether oxygens (including phenoxy) is 2. The highest BCUT2D eigenvalue weighted by atomic mass is 127. The van der Waals surface area contributed by atoms with Crippen molar-refractivity contribution in [2.75, 3.05) is 8.86 Å². The van der Waals surface area contributed by atoms with Gasteiger partial charge in [-0.15, -0.1) is 0 Å². The first-order valence-electron chi connectivity index (χ1n) is 7.24. The van der Waals surface area contributed by atoms with E-state index in [2.05, 4.69) is 0 Å². The summed E-state index contributed by atoms with van der Waals surface area (Å²) in [7, 11) is 0. The maximum absolute atomic E-state index is 11.3. The number of esters is 2. The zero-order valence-corrected chi connectivity index (χ0v) is 17.2. The van der Waals surface area contributed by atoms with Gasteiger partial charge in [-0.05, 0) is 34.4 Å². The third kappa shape index (κ3) is 6.04. The molecule has 0 atom stereocenters. The van der Waals surface area contributed by atoms with Crippen molar-refractivity contribution in [2.24, 2.45) is 0 Å². The molecule has 2 aromatic carbocycles. The number of alkyl halides is 2. The molecule has 0 aliphatic heterocycles. The van der Waals surface area contributed by atoms with Gasteiger partial charge in [-0.25, -0.2) is 0 Å². The molecule has 0 aromatic heterocycles. The van der Waals surface area contributed by atoms with Crippen molar-refractivity contribution < 1.29 is 19.1 Å². The molecule has 0 aliphatic carbocycles. The Morgan fingerprint density at radius 2 is 1.17 bits per heavy atom. The lowest BCUT2D eigenvalue weighted by atomic mass is 10.0. The second-order valence-electron chi connectivity index (χ2n) is 4.99. The summed E-state index contributed by atoms with van der Waals surface area (Å²) in [6.07, 6.45) is 0. The number of carbonyl (C=O) groups excluding carboxylic acids is 2. The van der Waals surface area contributed by atoms with Crippen molar-refractivity contribution in [2.45, 2.75) is 13.2 Å². The van der Waals surface area contributed by atoms with Gasteiger partial charge in [0.1, 0.15) is 13.2 Å². The van der Waals surface area contributed by atoms with Crippen molar-refractivity contribution in [3.8, 4) is 11.1 Å². The van der Waals surface area contributed by atoms with Crippen molar-refractivity contribution >= 4 is 57.1 Å². The fraction of sp³-hybridized carbons (Fsp3) is 0.222. The van der Waals surface area contributed by atoms with Crippen LogP contribution in [0.1, 0.15) is 11.1 Å². The minimum Gasteiger partial charge on any atom is -0.460 e. The molecule has 0 unspecified atom stereocenters. The fourth-order valence-corrected chi connectivity index (χ4v) is 2.53. The molecule has 0 spiro atoms. The number of hydrogen-bond acceptors (Lipinski definition) is 4. The van der Waals surface area contributed by atoms with E-state index in [-0.39, 0.29) is 25.2 Å². The van der Waals surface area contributed by atoms with E-state index in [9.17, 15) is 9.59 Å². The summed E-state index contributed by atoms with van der Waals surface area (Å²) in [6, 6.07) is 15.7. The van der Waals surface area contributed by atoms with E-state index >= 15 is 0 Å². The molecule has 0 amide bonds. The molecule has 0 bridgehead atoms. The minimum atomic E-state index is -0.222. The first-order valence-corrected chi connectivity index (χ1v) is 10.3. The van der Waals surface area contributed by atoms with Gasteiger partial charge in [0, 0.05) is 0 Å². The highest BCUT2D eigenvalue weighted by Crippen LogP contribution is 2.22. The van der Waals surface area contributed by atoms with E-state index in [1.807, 2.05) is 93.7 Å². The van der Waals surface area contributed by atoms with Crippen LogP contribution in [0, 0.1) is 0 Å². The topological polar surface area (TPSA) is 52.6 Å². The van der Waals surface area contributed by atoms with Crippen molar-refractivity contribution in [3.63, 3.8) is 0 Å². The van der Waals surface area contributed by atoms with Gasteiger partial charge >= 0.3 is 11.9 Å². The summed E-state index contributed by atoms with van der Waals surface area (Å²) in [6.45, 7) is 0.533. The second-order valence-corrected chi connectivity index (χ2v) is 6.51. The lowest BCUT2D eigenvalue weighted by molar-refractivity contribution is -0.142. The van der Waals surface area contributed by atoms with Crippen LogP contribution in [0.5, 0.6) is 0 Å². The van der Waals surface area contributed by atoms with Crippen LogP contribution in [0.2, 0.25) is 0 Å². The lowest BCUT2D eigenvalue weighted by Gasteiger charge is -2.08. The third-order valence-electron chi connectivity index (χ3n) is 3.21. The summed E-state index contributed by atoms with van der Waals surface area (Å²) in [5.74, 6) is -0.444. The molecule has 0 heterocycles. The van der Waals surface area contributed by atoms with Crippen molar-refractivity contribution in [1.82, 2.24) is 0 Å². The lowest BCUT2D eigenvalue weighted by Crippen LogP contribution is -2.05. The maximum Gasteiger partial charge on any atom is 0.316 e. The van der Waals surface area contributed by atoms with Gasteiger partial charge in [-0.2, -0.15) is 0 Å². The average Bonchev–Trinajstić information content (AvgIpc) is 2.64. The van der Waals surface area contributed by atoms with Crippen molar-refractivity contribution in [1.29, 1.82) is 0 Å². The van der Waals surface area contributed by atoms with Gasteiger partial charge < -0.3 is 9.47 Å². The number of halogens is 2. The molecule has 0 fully saturated rings. The third-order valence-corrected chi connectivity index (χ3v) is 4.45. The van der Waals surface area contributed by atoms with Crippen LogP contribution in [0.15, 0.2) is 48.5 Å². The highest BCUT2D eigenvalue weighted by molar-refractivity contribution is 14.1. The van der Waals surface area contributed by atoms with Crippen LogP contribution in [0.25, 0.3) is 11.1 Å². The summed E-state index contributed by atoms with van der Waals surface area (Å²) >= 11 is 3.96. The van der Waals surface area contributed by atoms with Crippen LogP contribution in [0.3, 0.4) is 0 Å². The van der Waals surface area contributed by atoms with Gasteiger partial charge in [-0.3, -0.25) is 9.59 Å². The van der Waals surface area contributed by atoms with Crippen molar-refractivity contribution in [3.05, 3.63) is 59.7 Å². The largest absolute Gasteiger partial charge is 0.460 e. The summed E-state index contributed by atoms with van der Waals surface area (Å²) in [4.78, 5) is 22.5. The first-order chi connectivity index (χ1) is 11.6. The van der Waals surface area contributed by atoms with Gasteiger partial charge in [-0.1, -0.05) is 81.6 Å². The molecule has 6 heteroatoms. The van der Waals surface area contributed by atoms with Gasteiger partial charge in [0.2, 0.25) is 0 Å². The molecule has 4 nitrogen and oxygen atoms in total. The maximum atomic E-state index is 11.3. The Hall–Kier alpha value is -1.16. The normalized spacial score (nSPS) is 10.2. The zero-order chi connectivity index (χ0) is 17.4. The van der Waals surface area contributed by atoms with Crippen LogP contribution < -0.4 is 0 Å². The predicted octanol–water partition coefficient (Wildman–Crippen LogP) is 4.31. The van der Waals surface area contributed by atoms with Crippen LogP contribution in [0.4, 0.5) is 0 Å². The quantitative estimate of drug-likeness (QED) is 0.293. The SMILES string of the molecule is O=C(CI)OCc1cccc(-c2cccc(COC(=O)CI)c2)c1. The molecule has 0 saturated heterocycles. The zero-order valence-electron chi connectivity index (χ0n) is 12.8. The van der Waals surface area contributed by atoms with Crippen LogP contribution in [-0.2, 0) is 32.3 Å². The summed E-state index contributed by atoms with van der Waals surface area (Å²) < 4.78 is 11.0. The molecular formula is C18H16I2O4. The molecule has 0 aliphatic rings. The van der Waals surface area contributed by atoms with E-state index in [0.29, 0.717) is 8.86 Å². The average molecular weight is 550 g/mol. The van der Waals surface area contributed by atoms with Gasteiger partial charge in [0.25, 0.3) is 0 Å². The van der Waals surface area contributed by atoms with E-state index in [0.717, 1.165) is 22.3 Å². The van der Waals surface area contributed by atoms with Crippen LogP contribution in [-0.4, -0.2) is 20.8 Å². The molecule has 2 aromatic rings. The Labute approximate surface area is 168 Å². The van der Waals surface area contributed by atoms with E-state index in [4.69, 9.17) is 9.47 Å². The fourth-order valence-electron chi connectivity index (χ4n) is 2.09. The Balaban J connectivity index is 2.10. The van der Waals surface area contributed by atoms with E-state index < -0.39 is 0 Å². The number of benzene rings is 2. The molecule has 0 radical (unpaired) electrons. The number of hydrogen-bond donors (Lipinski definition) is 0. The molecule has 126 valence electrons. The predicted molar refractivity (Wildman–Crippen MR) is 109 cm³/mol. The summed E-state index contributed by atoms with van der Waals surface area (Å²) in [5.41, 5.74) is 3.93. The minimum absolute atomic E-state index is 0.222. The Morgan fingerprint density at radius 1 is 0.750 bits per heavy atom. The number of rotatable bonds is 7. The molecule has 2 rings (SSSR count). The Morgan fingerprint density at radius 3 is 1.54 bits per heavy atom. The second kappa shape index (κ2) is 9.97. The number of carbonyl (C=O) groups is 2. The van der Waals surface area contributed by atoms with E-state index in [1.54, 1.807) is 0 Å². The molecule has 24 heavy (non-hydrogen) atoms. The summed E-state index contributed by atoms with van der Waals surface area (Å²) in [5, 5.41) is 0. The molecular weight excluding hydrogens is 534 g/mol. The van der Waals surface area contributed by atoms with Gasteiger partial charge in [0.15, 0.2) is 0 Å². The monoisotopic (exact) mass is 550 g/mol. The highest BCUT2D eigenvalue weighted by Gasteiger charge is 2.05. The smallest absolute Gasteiger partial charge is 0.316 e. The van der Waals surface area contributed by atoms with E-state index in [1.165, 1.54) is 0 Å². The van der Waals surface area contributed by atoms with Gasteiger partial charge in [0.05, 0.1) is 8.86 Å².